The second kappa shape index (κ2) is 8.07. The lowest BCUT2D eigenvalue weighted by Crippen LogP contribution is -2.41. The molecule has 0 heterocycles. The van der Waals surface area contributed by atoms with Gasteiger partial charge in [-0.1, -0.05) is 13.0 Å². The minimum absolute atomic E-state index is 0.0800. The zero-order chi connectivity index (χ0) is 17.6. The minimum Gasteiger partial charge on any atom is -0.480 e. The quantitative estimate of drug-likeness (QED) is 0.725. The van der Waals surface area contributed by atoms with Gasteiger partial charge in [-0.3, -0.25) is 4.79 Å². The number of sulfone groups is 1. The van der Waals surface area contributed by atoms with E-state index in [1.165, 1.54) is 19.2 Å². The number of carboxylic acids is 1. The molecule has 7 nitrogen and oxygen atoms in total. The molecule has 8 heteroatoms. The van der Waals surface area contributed by atoms with Crippen LogP contribution in [-0.4, -0.2) is 51.4 Å². The van der Waals surface area contributed by atoms with Crippen molar-refractivity contribution >= 4 is 21.7 Å². The first-order valence-corrected chi connectivity index (χ1v) is 8.95. The van der Waals surface area contributed by atoms with Crippen LogP contribution >= 0.6 is 0 Å². The van der Waals surface area contributed by atoms with Gasteiger partial charge < -0.3 is 15.2 Å². The van der Waals surface area contributed by atoms with E-state index in [9.17, 15) is 18.0 Å². The van der Waals surface area contributed by atoms with Crippen molar-refractivity contribution in [3.8, 4) is 0 Å². The Morgan fingerprint density at radius 1 is 1.35 bits per heavy atom. The highest BCUT2D eigenvalue weighted by Gasteiger charge is 2.22. The van der Waals surface area contributed by atoms with E-state index in [1.54, 1.807) is 6.07 Å². The summed E-state index contributed by atoms with van der Waals surface area (Å²) in [6, 6.07) is 3.22. The summed E-state index contributed by atoms with van der Waals surface area (Å²) in [4.78, 5) is 23.4. The van der Waals surface area contributed by atoms with E-state index in [-0.39, 0.29) is 23.5 Å². The second-order valence-electron chi connectivity index (χ2n) is 5.09. The van der Waals surface area contributed by atoms with Crippen molar-refractivity contribution < 1.29 is 27.9 Å². The molecule has 1 unspecified atom stereocenters. The summed E-state index contributed by atoms with van der Waals surface area (Å²) in [6.45, 7) is 2.00. The van der Waals surface area contributed by atoms with Crippen LogP contribution in [0.3, 0.4) is 0 Å². The van der Waals surface area contributed by atoms with Crippen molar-refractivity contribution in [2.75, 3.05) is 20.0 Å². The van der Waals surface area contributed by atoms with Gasteiger partial charge in [-0.15, -0.1) is 0 Å². The third kappa shape index (κ3) is 5.33. The summed E-state index contributed by atoms with van der Waals surface area (Å²) < 4.78 is 28.4. The molecule has 1 atom stereocenters. The first kappa shape index (κ1) is 19.1. The lowest BCUT2D eigenvalue weighted by Gasteiger charge is -2.15. The molecule has 0 saturated heterocycles. The number of amides is 1. The van der Waals surface area contributed by atoms with E-state index in [4.69, 9.17) is 9.84 Å². The molecule has 1 rings (SSSR count). The highest BCUT2D eigenvalue weighted by Crippen LogP contribution is 2.18. The fourth-order valence-electron chi connectivity index (χ4n) is 2.07. The first-order chi connectivity index (χ1) is 10.7. The Balaban J connectivity index is 3.06. The standard InChI is InChI=1S/C15H21NO6S/c1-4-10-5-6-11(9-13(10)23(3,20)21)14(17)16-12(15(18)19)7-8-22-2/h5-6,9,12H,4,7-8H2,1-3H3,(H,16,17)(H,18,19). The van der Waals surface area contributed by atoms with Crippen molar-refractivity contribution in [2.45, 2.75) is 30.7 Å². The highest BCUT2D eigenvalue weighted by atomic mass is 32.2. The van der Waals surface area contributed by atoms with Crippen molar-refractivity contribution in [3.05, 3.63) is 29.3 Å². The first-order valence-electron chi connectivity index (χ1n) is 7.06. The summed E-state index contributed by atoms with van der Waals surface area (Å²) in [7, 11) is -2.04. The molecule has 0 aliphatic carbocycles. The van der Waals surface area contributed by atoms with Crippen molar-refractivity contribution in [1.82, 2.24) is 5.32 Å². The molecule has 128 valence electrons. The number of ether oxygens (including phenoxy) is 1. The molecule has 23 heavy (non-hydrogen) atoms. The van der Waals surface area contributed by atoms with E-state index in [0.717, 1.165) is 6.26 Å². The van der Waals surface area contributed by atoms with Crippen LogP contribution in [0.4, 0.5) is 0 Å². The summed E-state index contributed by atoms with van der Waals surface area (Å²) in [5.41, 5.74) is 0.713. The fourth-order valence-corrected chi connectivity index (χ4v) is 3.10. The van der Waals surface area contributed by atoms with Crippen molar-refractivity contribution in [2.24, 2.45) is 0 Å². The Morgan fingerprint density at radius 2 is 2.00 bits per heavy atom. The molecule has 1 amide bonds. The molecule has 0 saturated carbocycles. The van der Waals surface area contributed by atoms with Crippen LogP contribution in [0.15, 0.2) is 23.1 Å². The van der Waals surface area contributed by atoms with E-state index in [0.29, 0.717) is 12.0 Å². The van der Waals surface area contributed by atoms with Crippen LogP contribution in [-0.2, 0) is 25.8 Å². The molecule has 0 aliphatic heterocycles. The average Bonchev–Trinajstić information content (AvgIpc) is 2.49. The van der Waals surface area contributed by atoms with Gasteiger partial charge in [0.1, 0.15) is 6.04 Å². The Bertz CT molecular complexity index is 683. The predicted molar refractivity (Wildman–Crippen MR) is 84.3 cm³/mol. The van der Waals surface area contributed by atoms with Gasteiger partial charge in [-0.2, -0.15) is 0 Å². The summed E-state index contributed by atoms with van der Waals surface area (Å²) in [5, 5.41) is 11.5. The number of hydrogen-bond donors (Lipinski definition) is 2. The molecule has 0 bridgehead atoms. The predicted octanol–water partition coefficient (Wildman–Crippen LogP) is 0.872. The van der Waals surface area contributed by atoms with E-state index < -0.39 is 27.8 Å². The number of aliphatic carboxylic acids is 1. The monoisotopic (exact) mass is 343 g/mol. The van der Waals surface area contributed by atoms with Crippen LogP contribution in [0.5, 0.6) is 0 Å². The molecule has 0 aliphatic rings. The van der Waals surface area contributed by atoms with Gasteiger partial charge in [-0.05, 0) is 24.1 Å². The number of methoxy groups -OCH3 is 1. The van der Waals surface area contributed by atoms with Crippen molar-refractivity contribution in [3.63, 3.8) is 0 Å². The van der Waals surface area contributed by atoms with E-state index in [1.807, 2.05) is 6.92 Å². The van der Waals surface area contributed by atoms with Gasteiger partial charge in [-0.25, -0.2) is 13.2 Å². The molecule has 0 spiro atoms. The summed E-state index contributed by atoms with van der Waals surface area (Å²) in [5.74, 6) is -1.81. The number of hydrogen-bond acceptors (Lipinski definition) is 5. The molecule has 0 radical (unpaired) electrons. The lowest BCUT2D eigenvalue weighted by atomic mass is 10.1. The van der Waals surface area contributed by atoms with Gasteiger partial charge in [0.05, 0.1) is 4.90 Å². The number of aryl methyl sites for hydroxylation is 1. The maximum absolute atomic E-state index is 12.2. The SMILES string of the molecule is CCc1ccc(C(=O)NC(CCOC)C(=O)O)cc1S(C)(=O)=O. The minimum atomic E-state index is -3.48. The van der Waals surface area contributed by atoms with E-state index in [2.05, 4.69) is 5.32 Å². The Morgan fingerprint density at radius 3 is 2.48 bits per heavy atom. The van der Waals surface area contributed by atoms with Gasteiger partial charge >= 0.3 is 5.97 Å². The lowest BCUT2D eigenvalue weighted by molar-refractivity contribution is -0.139. The van der Waals surface area contributed by atoms with Crippen LogP contribution < -0.4 is 5.32 Å². The number of carbonyl (C=O) groups excluding carboxylic acids is 1. The van der Waals surface area contributed by atoms with Crippen LogP contribution in [0.1, 0.15) is 29.3 Å². The van der Waals surface area contributed by atoms with Crippen LogP contribution in [0, 0.1) is 0 Å². The Labute approximate surface area is 135 Å². The Kier molecular flexibility index (Phi) is 6.71. The number of benzene rings is 1. The summed E-state index contributed by atoms with van der Waals surface area (Å²) in [6.07, 6.45) is 1.70. The van der Waals surface area contributed by atoms with E-state index >= 15 is 0 Å². The fraction of sp³-hybridized carbons (Fsp3) is 0.467. The number of rotatable bonds is 8. The molecular weight excluding hydrogens is 322 g/mol. The molecule has 0 aromatic heterocycles. The van der Waals surface area contributed by atoms with Gasteiger partial charge in [0.15, 0.2) is 9.84 Å². The molecule has 0 fully saturated rings. The molecule has 1 aromatic rings. The smallest absolute Gasteiger partial charge is 0.326 e. The summed E-state index contributed by atoms with van der Waals surface area (Å²) >= 11 is 0. The Hall–Kier alpha value is -1.93. The van der Waals surface area contributed by atoms with Gasteiger partial charge in [0.2, 0.25) is 0 Å². The third-order valence-corrected chi connectivity index (χ3v) is 4.50. The number of carboxylic acid groups (broad SMARTS) is 1. The number of nitrogens with one attached hydrogen (secondary N) is 1. The average molecular weight is 343 g/mol. The zero-order valence-corrected chi connectivity index (χ0v) is 14.1. The normalized spacial score (nSPS) is 12.7. The van der Waals surface area contributed by atoms with Crippen molar-refractivity contribution in [1.29, 1.82) is 0 Å². The molecular formula is C15H21NO6S. The molecule has 2 N–H and O–H groups in total. The largest absolute Gasteiger partial charge is 0.480 e. The van der Waals surface area contributed by atoms with Gasteiger partial charge in [0, 0.05) is 32.0 Å². The molecule has 1 aromatic carbocycles. The topological polar surface area (TPSA) is 110 Å². The zero-order valence-electron chi connectivity index (χ0n) is 13.3. The van der Waals surface area contributed by atoms with Crippen LogP contribution in [0.2, 0.25) is 0 Å². The highest BCUT2D eigenvalue weighted by molar-refractivity contribution is 7.90. The number of carbonyl (C=O) groups is 2. The third-order valence-electron chi connectivity index (χ3n) is 3.32. The second-order valence-corrected chi connectivity index (χ2v) is 7.08. The maximum atomic E-state index is 12.2. The van der Waals surface area contributed by atoms with Gasteiger partial charge in [0.25, 0.3) is 5.91 Å². The maximum Gasteiger partial charge on any atom is 0.326 e. The van der Waals surface area contributed by atoms with Crippen LogP contribution in [0.25, 0.3) is 0 Å².